The molecule has 0 aromatic carbocycles. The van der Waals surface area contributed by atoms with Gasteiger partial charge in [-0.2, -0.15) is 0 Å². The quantitative estimate of drug-likeness (QED) is 0.651. The molecule has 0 amide bonds. The fourth-order valence-electron chi connectivity index (χ4n) is 0.557. The van der Waals surface area contributed by atoms with Crippen molar-refractivity contribution in [3.8, 4) is 0 Å². The van der Waals surface area contributed by atoms with Crippen molar-refractivity contribution in [1.29, 1.82) is 0 Å². The Balaban J connectivity index is 3.84. The first kappa shape index (κ1) is 10.5. The highest BCUT2D eigenvalue weighted by atomic mass is 79.9. The summed E-state index contributed by atoms with van der Waals surface area (Å²) in [6, 6.07) is -0.172. The standard InChI is InChI=1S/C7H14BrN3/c1-5(9)7(10)3-6(8)4-11-2/h4,7,11H,1,3,9-10H2,2H3/b6-4+. The van der Waals surface area contributed by atoms with E-state index in [9.17, 15) is 0 Å². The Hall–Kier alpha value is -0.480. The van der Waals surface area contributed by atoms with Crippen LogP contribution in [0.5, 0.6) is 0 Å². The van der Waals surface area contributed by atoms with Crippen molar-refractivity contribution in [1.82, 2.24) is 5.32 Å². The van der Waals surface area contributed by atoms with E-state index in [-0.39, 0.29) is 6.04 Å². The lowest BCUT2D eigenvalue weighted by Crippen LogP contribution is -2.26. The van der Waals surface area contributed by atoms with Crippen LogP contribution in [0.25, 0.3) is 0 Å². The Labute approximate surface area is 75.6 Å². The largest absolute Gasteiger partial charge is 0.401 e. The lowest BCUT2D eigenvalue weighted by Gasteiger charge is -2.09. The molecular formula is C7H14BrN3. The molecule has 0 aromatic heterocycles. The van der Waals surface area contributed by atoms with Crippen molar-refractivity contribution in [2.75, 3.05) is 7.05 Å². The molecule has 1 atom stereocenters. The van der Waals surface area contributed by atoms with Gasteiger partial charge in [0.05, 0.1) is 0 Å². The van der Waals surface area contributed by atoms with Gasteiger partial charge in [-0.05, 0) is 0 Å². The van der Waals surface area contributed by atoms with E-state index in [0.717, 1.165) is 4.48 Å². The highest BCUT2D eigenvalue weighted by Gasteiger charge is 2.04. The number of hydrogen-bond donors (Lipinski definition) is 3. The van der Waals surface area contributed by atoms with Crippen LogP contribution in [0.4, 0.5) is 0 Å². The Bertz CT molecular complexity index is 165. The Morgan fingerprint density at radius 1 is 1.82 bits per heavy atom. The van der Waals surface area contributed by atoms with Gasteiger partial charge in [-0.1, -0.05) is 22.5 Å². The SMILES string of the molecule is C=C(N)C(N)C/C(Br)=C\NC. The van der Waals surface area contributed by atoms with E-state index in [2.05, 4.69) is 27.8 Å². The minimum atomic E-state index is -0.172. The number of rotatable bonds is 4. The molecule has 4 heteroatoms. The Morgan fingerprint density at radius 3 is 2.73 bits per heavy atom. The number of nitrogens with two attached hydrogens (primary N) is 2. The molecule has 0 rings (SSSR count). The van der Waals surface area contributed by atoms with E-state index in [1.807, 2.05) is 13.2 Å². The summed E-state index contributed by atoms with van der Waals surface area (Å²) in [7, 11) is 1.82. The van der Waals surface area contributed by atoms with Gasteiger partial charge in [0.25, 0.3) is 0 Å². The molecule has 0 fully saturated rings. The van der Waals surface area contributed by atoms with Crippen molar-refractivity contribution in [3.63, 3.8) is 0 Å². The van der Waals surface area contributed by atoms with Crippen LogP contribution in [0.3, 0.4) is 0 Å². The predicted octanol–water partition coefficient (Wildman–Crippen LogP) is 0.632. The minimum Gasteiger partial charge on any atom is -0.401 e. The molecule has 0 spiro atoms. The average Bonchev–Trinajstić information content (AvgIpc) is 1.87. The molecule has 0 saturated heterocycles. The van der Waals surface area contributed by atoms with Gasteiger partial charge in [0.1, 0.15) is 0 Å². The molecular weight excluding hydrogens is 206 g/mol. The van der Waals surface area contributed by atoms with E-state index in [1.54, 1.807) is 0 Å². The summed E-state index contributed by atoms with van der Waals surface area (Å²) in [5, 5.41) is 2.88. The molecule has 5 N–H and O–H groups in total. The van der Waals surface area contributed by atoms with Crippen molar-refractivity contribution in [2.45, 2.75) is 12.5 Å². The number of hydrogen-bond acceptors (Lipinski definition) is 3. The normalized spacial score (nSPS) is 14.3. The summed E-state index contributed by atoms with van der Waals surface area (Å²) < 4.78 is 0.985. The van der Waals surface area contributed by atoms with Crippen LogP contribution >= 0.6 is 15.9 Å². The van der Waals surface area contributed by atoms with Gasteiger partial charge in [0.2, 0.25) is 0 Å². The lowest BCUT2D eigenvalue weighted by molar-refractivity contribution is 0.768. The number of halogens is 1. The van der Waals surface area contributed by atoms with Crippen LogP contribution in [-0.2, 0) is 0 Å². The van der Waals surface area contributed by atoms with Gasteiger partial charge < -0.3 is 16.8 Å². The van der Waals surface area contributed by atoms with Gasteiger partial charge in [-0.3, -0.25) is 0 Å². The van der Waals surface area contributed by atoms with Crippen LogP contribution in [0.1, 0.15) is 6.42 Å². The molecule has 1 unspecified atom stereocenters. The van der Waals surface area contributed by atoms with E-state index >= 15 is 0 Å². The fourth-order valence-corrected chi connectivity index (χ4v) is 1.13. The summed E-state index contributed by atoms with van der Waals surface area (Å²) in [6.45, 7) is 3.55. The molecule has 0 bridgehead atoms. The Kier molecular flexibility index (Phi) is 4.98. The third-order valence-corrected chi connectivity index (χ3v) is 1.74. The van der Waals surface area contributed by atoms with E-state index in [4.69, 9.17) is 11.5 Å². The zero-order chi connectivity index (χ0) is 8.85. The summed E-state index contributed by atoms with van der Waals surface area (Å²) in [6.07, 6.45) is 2.50. The Morgan fingerprint density at radius 2 is 2.36 bits per heavy atom. The first-order valence-electron chi connectivity index (χ1n) is 3.29. The summed E-state index contributed by atoms with van der Waals surface area (Å²) in [4.78, 5) is 0. The molecule has 0 heterocycles. The minimum absolute atomic E-state index is 0.172. The van der Waals surface area contributed by atoms with Crippen LogP contribution in [0.2, 0.25) is 0 Å². The molecule has 0 saturated carbocycles. The van der Waals surface area contributed by atoms with Crippen molar-refractivity contribution < 1.29 is 0 Å². The third-order valence-electron chi connectivity index (χ3n) is 1.19. The molecule has 0 aliphatic carbocycles. The number of nitrogens with one attached hydrogen (secondary N) is 1. The highest BCUT2D eigenvalue weighted by molar-refractivity contribution is 9.11. The van der Waals surface area contributed by atoms with Gasteiger partial charge in [0, 0.05) is 35.9 Å². The molecule has 64 valence electrons. The monoisotopic (exact) mass is 219 g/mol. The molecule has 0 radical (unpaired) electrons. The van der Waals surface area contributed by atoms with Gasteiger partial charge in [-0.25, -0.2) is 0 Å². The topological polar surface area (TPSA) is 64.1 Å². The molecule has 11 heavy (non-hydrogen) atoms. The van der Waals surface area contributed by atoms with Crippen molar-refractivity contribution in [3.05, 3.63) is 23.0 Å². The fraction of sp³-hybridized carbons (Fsp3) is 0.429. The van der Waals surface area contributed by atoms with Crippen LogP contribution in [0, 0.1) is 0 Å². The molecule has 0 aromatic rings. The smallest absolute Gasteiger partial charge is 0.0482 e. The van der Waals surface area contributed by atoms with Gasteiger partial charge in [-0.15, -0.1) is 0 Å². The summed E-state index contributed by atoms with van der Waals surface area (Å²) >= 11 is 3.33. The average molecular weight is 220 g/mol. The third kappa shape index (κ3) is 4.86. The highest BCUT2D eigenvalue weighted by Crippen LogP contribution is 2.12. The zero-order valence-electron chi connectivity index (χ0n) is 6.60. The van der Waals surface area contributed by atoms with E-state index in [0.29, 0.717) is 12.1 Å². The lowest BCUT2D eigenvalue weighted by atomic mass is 10.2. The molecule has 0 aliphatic heterocycles. The van der Waals surface area contributed by atoms with Gasteiger partial charge in [0.15, 0.2) is 0 Å². The van der Waals surface area contributed by atoms with E-state index in [1.165, 1.54) is 0 Å². The van der Waals surface area contributed by atoms with Crippen LogP contribution in [0.15, 0.2) is 23.0 Å². The molecule has 3 nitrogen and oxygen atoms in total. The second-order valence-electron chi connectivity index (χ2n) is 2.27. The summed E-state index contributed by atoms with van der Waals surface area (Å²) in [5.41, 5.74) is 11.5. The molecule has 0 aliphatic rings. The maximum absolute atomic E-state index is 5.62. The zero-order valence-corrected chi connectivity index (χ0v) is 8.19. The van der Waals surface area contributed by atoms with Crippen molar-refractivity contribution >= 4 is 15.9 Å². The first-order chi connectivity index (χ1) is 5.07. The maximum Gasteiger partial charge on any atom is 0.0482 e. The first-order valence-corrected chi connectivity index (χ1v) is 4.09. The predicted molar refractivity (Wildman–Crippen MR) is 52.0 cm³/mol. The maximum atomic E-state index is 5.62. The van der Waals surface area contributed by atoms with Crippen LogP contribution < -0.4 is 16.8 Å². The second kappa shape index (κ2) is 5.21. The van der Waals surface area contributed by atoms with Crippen molar-refractivity contribution in [2.24, 2.45) is 11.5 Å². The second-order valence-corrected chi connectivity index (χ2v) is 3.28. The van der Waals surface area contributed by atoms with Gasteiger partial charge >= 0.3 is 0 Å². The van der Waals surface area contributed by atoms with Crippen LogP contribution in [-0.4, -0.2) is 13.1 Å². The summed E-state index contributed by atoms with van der Waals surface area (Å²) in [5.74, 6) is 0. The van der Waals surface area contributed by atoms with E-state index < -0.39 is 0 Å².